The van der Waals surface area contributed by atoms with Gasteiger partial charge in [0.25, 0.3) is 0 Å². The van der Waals surface area contributed by atoms with Crippen LogP contribution >= 0.6 is 0 Å². The van der Waals surface area contributed by atoms with Crippen molar-refractivity contribution in [2.75, 3.05) is 0 Å². The Balaban J connectivity index is 0.000000193. The van der Waals surface area contributed by atoms with Crippen molar-refractivity contribution in [3.63, 3.8) is 0 Å². The molecule has 0 heteroatoms. The van der Waals surface area contributed by atoms with E-state index >= 15 is 0 Å². The summed E-state index contributed by atoms with van der Waals surface area (Å²) < 4.78 is 0. The van der Waals surface area contributed by atoms with Crippen LogP contribution in [0.2, 0.25) is 0 Å². The second kappa shape index (κ2) is 12.2. The molecule has 0 saturated heterocycles. The Morgan fingerprint density at radius 3 is 1.23 bits per heavy atom. The fourth-order valence-corrected chi connectivity index (χ4v) is 4.54. The van der Waals surface area contributed by atoms with Gasteiger partial charge in [-0.1, -0.05) is 78.9 Å². The van der Waals surface area contributed by atoms with Gasteiger partial charge in [-0.15, -0.1) is 5.73 Å². The maximum atomic E-state index is 3.40. The lowest BCUT2D eigenvalue weighted by molar-refractivity contribution is 1.32. The Kier molecular flexibility index (Phi) is 8.70. The second-order valence-electron chi connectivity index (χ2n) is 10.9. The molecule has 0 fully saturated rings. The molecule has 0 radical (unpaired) electrons. The summed E-state index contributed by atoms with van der Waals surface area (Å²) in [5, 5.41) is 0. The fourth-order valence-electron chi connectivity index (χ4n) is 4.54. The molecule has 1 aliphatic carbocycles. The summed E-state index contributed by atoms with van der Waals surface area (Å²) >= 11 is 0. The van der Waals surface area contributed by atoms with Crippen LogP contribution in [0.3, 0.4) is 0 Å². The van der Waals surface area contributed by atoms with Gasteiger partial charge in [0.15, 0.2) is 0 Å². The molecule has 0 amide bonds. The first-order valence-electron chi connectivity index (χ1n) is 13.8. The van der Waals surface area contributed by atoms with Crippen LogP contribution in [0.15, 0.2) is 103 Å². The maximum absolute atomic E-state index is 3.40. The highest BCUT2D eigenvalue weighted by Gasteiger charge is 2.05. The van der Waals surface area contributed by atoms with E-state index in [9.17, 15) is 0 Å². The molecule has 39 heavy (non-hydrogen) atoms. The molecule has 0 saturated carbocycles. The van der Waals surface area contributed by atoms with Gasteiger partial charge in [-0.25, -0.2) is 0 Å². The van der Waals surface area contributed by atoms with Crippen LogP contribution in [0, 0.1) is 55.4 Å². The number of aryl methyl sites for hydroxylation is 8. The van der Waals surface area contributed by atoms with Crippen molar-refractivity contribution in [3.8, 4) is 11.1 Å². The Bertz CT molecular complexity index is 1600. The zero-order valence-corrected chi connectivity index (χ0v) is 24.7. The third kappa shape index (κ3) is 6.85. The van der Waals surface area contributed by atoms with E-state index in [1.165, 1.54) is 72.3 Å². The van der Waals surface area contributed by atoms with Crippen molar-refractivity contribution >= 4 is 11.1 Å². The highest BCUT2D eigenvalue weighted by atomic mass is 14.1. The zero-order chi connectivity index (χ0) is 28.1. The highest BCUT2D eigenvalue weighted by Crippen LogP contribution is 2.26. The summed E-state index contributed by atoms with van der Waals surface area (Å²) in [4.78, 5) is 0. The third-order valence-electron chi connectivity index (χ3n) is 7.94. The van der Waals surface area contributed by atoms with E-state index in [1.807, 2.05) is 6.08 Å². The standard InChI is InChI=1S/C23H22.C16H18/c1-16-8-10-22(14-18(16)3)20-6-5-7-21(13-12-20)23-11-9-17(2)19(4)15-23;1-11-5-7-15(9-13(11)3)16-8-6-12(2)14(4)10-16/h5-6,8-15H,1-4H3;5-10H,1-4H3. The monoisotopic (exact) mass is 508 g/mol. The third-order valence-corrected chi connectivity index (χ3v) is 7.94. The summed E-state index contributed by atoms with van der Waals surface area (Å²) in [6.45, 7) is 17.2. The lowest BCUT2D eigenvalue weighted by atomic mass is 9.98. The normalized spacial score (nSPS) is 12.3. The van der Waals surface area contributed by atoms with Crippen LogP contribution in [-0.2, 0) is 0 Å². The van der Waals surface area contributed by atoms with Crippen LogP contribution < -0.4 is 0 Å². The Morgan fingerprint density at radius 1 is 0.385 bits per heavy atom. The van der Waals surface area contributed by atoms with Gasteiger partial charge in [-0.05, 0) is 146 Å². The summed E-state index contributed by atoms with van der Waals surface area (Å²) in [7, 11) is 0. The van der Waals surface area contributed by atoms with Gasteiger partial charge in [0.2, 0.25) is 0 Å². The molecule has 4 aromatic rings. The topological polar surface area (TPSA) is 0 Å². The first-order chi connectivity index (χ1) is 18.6. The molecule has 4 aromatic carbocycles. The minimum atomic E-state index is 1.13. The van der Waals surface area contributed by atoms with E-state index in [2.05, 4.69) is 152 Å². The molecule has 196 valence electrons. The molecule has 0 bridgehead atoms. The van der Waals surface area contributed by atoms with Gasteiger partial charge in [0.05, 0.1) is 0 Å². The van der Waals surface area contributed by atoms with Crippen LogP contribution in [0.1, 0.15) is 55.6 Å². The highest BCUT2D eigenvalue weighted by molar-refractivity contribution is 5.84. The Morgan fingerprint density at radius 2 is 0.769 bits per heavy atom. The number of rotatable bonds is 3. The summed E-state index contributed by atoms with van der Waals surface area (Å²) in [6.07, 6.45) is 8.50. The average Bonchev–Trinajstić information content (AvgIpc) is 3.17. The van der Waals surface area contributed by atoms with Crippen molar-refractivity contribution in [1.29, 1.82) is 0 Å². The van der Waals surface area contributed by atoms with E-state index in [0.717, 1.165) is 5.57 Å². The largest absolute Gasteiger partial charge is 0.112 e. The molecule has 5 rings (SSSR count). The quantitative estimate of drug-likeness (QED) is 0.241. The molecule has 0 atom stereocenters. The maximum Gasteiger partial charge on any atom is 0.0237 e. The van der Waals surface area contributed by atoms with Crippen molar-refractivity contribution in [1.82, 2.24) is 0 Å². The van der Waals surface area contributed by atoms with Gasteiger partial charge in [0.1, 0.15) is 0 Å². The molecular formula is C39H40. The minimum Gasteiger partial charge on any atom is -0.112 e. The summed E-state index contributed by atoms with van der Waals surface area (Å²) in [5.41, 5.74) is 21.6. The van der Waals surface area contributed by atoms with Crippen molar-refractivity contribution in [3.05, 3.63) is 158 Å². The Labute approximate surface area is 235 Å². The molecule has 0 heterocycles. The predicted octanol–water partition coefficient (Wildman–Crippen LogP) is 10.7. The molecule has 0 N–H and O–H groups in total. The Hall–Kier alpha value is -4.12. The van der Waals surface area contributed by atoms with Crippen LogP contribution in [0.4, 0.5) is 0 Å². The van der Waals surface area contributed by atoms with E-state index < -0.39 is 0 Å². The van der Waals surface area contributed by atoms with Gasteiger partial charge in [-0.3, -0.25) is 0 Å². The number of hydrogen-bond donors (Lipinski definition) is 0. The molecule has 0 aromatic heterocycles. The molecule has 1 aliphatic rings. The average molecular weight is 509 g/mol. The number of allylic oxidation sites excluding steroid dienone is 5. The smallest absolute Gasteiger partial charge is 0.0237 e. The van der Waals surface area contributed by atoms with Gasteiger partial charge < -0.3 is 0 Å². The molecular weight excluding hydrogens is 468 g/mol. The van der Waals surface area contributed by atoms with Crippen molar-refractivity contribution in [2.24, 2.45) is 0 Å². The zero-order valence-electron chi connectivity index (χ0n) is 24.7. The molecule has 0 aliphatic heterocycles. The first kappa shape index (κ1) is 27.9. The van der Waals surface area contributed by atoms with Gasteiger partial charge >= 0.3 is 0 Å². The van der Waals surface area contributed by atoms with Gasteiger partial charge in [-0.2, -0.15) is 0 Å². The lowest BCUT2D eigenvalue weighted by Crippen LogP contribution is -1.87. The molecule has 0 unspecified atom stereocenters. The predicted molar refractivity (Wildman–Crippen MR) is 171 cm³/mol. The van der Waals surface area contributed by atoms with Crippen molar-refractivity contribution < 1.29 is 0 Å². The summed E-state index contributed by atoms with van der Waals surface area (Å²) in [5.74, 6) is 0. The number of benzene rings is 4. The van der Waals surface area contributed by atoms with E-state index in [-0.39, 0.29) is 0 Å². The van der Waals surface area contributed by atoms with Crippen LogP contribution in [0.5, 0.6) is 0 Å². The second-order valence-corrected chi connectivity index (χ2v) is 10.9. The minimum absolute atomic E-state index is 1.13. The van der Waals surface area contributed by atoms with Crippen LogP contribution in [-0.4, -0.2) is 0 Å². The molecule has 0 spiro atoms. The molecule has 0 nitrogen and oxygen atoms in total. The first-order valence-corrected chi connectivity index (χ1v) is 13.8. The van der Waals surface area contributed by atoms with Crippen LogP contribution in [0.25, 0.3) is 22.3 Å². The summed E-state index contributed by atoms with van der Waals surface area (Å²) in [6, 6.07) is 26.5. The lowest BCUT2D eigenvalue weighted by Gasteiger charge is -2.08. The SMILES string of the molecule is Cc1ccc(-c2ccc(C)c(C)c2)cc1C.Cc1ccc(C2=C=CC=C(c3ccc(C)c(C)c3)C=C2)cc1C. The fraction of sp³-hybridized carbons (Fsp3) is 0.205. The van der Waals surface area contributed by atoms with E-state index in [1.54, 1.807) is 0 Å². The van der Waals surface area contributed by atoms with E-state index in [4.69, 9.17) is 0 Å². The van der Waals surface area contributed by atoms with Crippen molar-refractivity contribution in [2.45, 2.75) is 55.4 Å². The number of hydrogen-bond acceptors (Lipinski definition) is 0. The van der Waals surface area contributed by atoms with Gasteiger partial charge in [0, 0.05) is 5.57 Å². The van der Waals surface area contributed by atoms with E-state index in [0.29, 0.717) is 0 Å².